The molecule has 94 valence electrons. The number of allylic oxidation sites excluding steroid dienone is 3. The van der Waals surface area contributed by atoms with Gasteiger partial charge >= 0.3 is 0 Å². The highest BCUT2D eigenvalue weighted by molar-refractivity contribution is 6.11. The molecule has 0 atom stereocenters. The zero-order valence-electron chi connectivity index (χ0n) is 10.1. The molecule has 1 aromatic rings. The van der Waals surface area contributed by atoms with Crippen molar-refractivity contribution in [3.05, 3.63) is 52.4 Å². The first kappa shape index (κ1) is 11.9. The van der Waals surface area contributed by atoms with Gasteiger partial charge in [0.1, 0.15) is 0 Å². The number of ketones is 1. The van der Waals surface area contributed by atoms with E-state index in [2.05, 4.69) is 9.98 Å². The molecule has 0 unspecified atom stereocenters. The average molecular weight is 262 g/mol. The molecular weight excluding hydrogens is 256 g/mol. The van der Waals surface area contributed by atoms with Crippen LogP contribution in [0.25, 0.3) is 11.3 Å². The molecule has 0 radical (unpaired) electrons. The summed E-state index contributed by atoms with van der Waals surface area (Å²) in [6.07, 6.45) is 7.51. The van der Waals surface area contributed by atoms with E-state index in [-0.39, 0.29) is 5.78 Å². The predicted molar refractivity (Wildman–Crippen MR) is 70.6 cm³/mol. The molecule has 20 heavy (non-hydrogen) atoms. The third kappa shape index (κ3) is 1.71. The van der Waals surface area contributed by atoms with Crippen LogP contribution in [0.3, 0.4) is 0 Å². The lowest BCUT2D eigenvalue weighted by molar-refractivity contribution is -0.110. The van der Waals surface area contributed by atoms with Crippen molar-refractivity contribution in [3.8, 4) is 0 Å². The minimum absolute atomic E-state index is 0.165. The molecule has 3 rings (SSSR count). The lowest BCUT2D eigenvalue weighted by Crippen LogP contribution is -2.23. The van der Waals surface area contributed by atoms with Crippen LogP contribution in [-0.2, 0) is 14.4 Å². The molecule has 5 heteroatoms. The number of isocyanates is 2. The van der Waals surface area contributed by atoms with Crippen LogP contribution in [-0.4, -0.2) is 17.9 Å². The fourth-order valence-corrected chi connectivity index (χ4v) is 2.35. The van der Waals surface area contributed by atoms with E-state index in [0.29, 0.717) is 22.2 Å². The van der Waals surface area contributed by atoms with Crippen LogP contribution in [0.5, 0.6) is 0 Å². The summed E-state index contributed by atoms with van der Waals surface area (Å²) in [7, 11) is 0. The number of nitrogens with zero attached hydrogens (tertiary/aromatic N) is 2. The first-order valence-corrected chi connectivity index (χ1v) is 5.73. The van der Waals surface area contributed by atoms with Gasteiger partial charge in [0, 0.05) is 10.8 Å². The van der Waals surface area contributed by atoms with E-state index >= 15 is 0 Å². The summed E-state index contributed by atoms with van der Waals surface area (Å²) in [4.78, 5) is 39.6. The lowest BCUT2D eigenvalue weighted by Gasteiger charge is -2.05. The third-order valence-electron chi connectivity index (χ3n) is 3.13. The third-order valence-corrected chi connectivity index (χ3v) is 3.13. The van der Waals surface area contributed by atoms with Crippen molar-refractivity contribution in [2.75, 3.05) is 0 Å². The second-order valence-electron chi connectivity index (χ2n) is 4.19. The van der Waals surface area contributed by atoms with Gasteiger partial charge < -0.3 is 0 Å². The number of carbonyl (C=O) groups is 1. The quantitative estimate of drug-likeness (QED) is 0.569. The van der Waals surface area contributed by atoms with E-state index in [4.69, 9.17) is 0 Å². The number of hydrogen-bond acceptors (Lipinski definition) is 5. The van der Waals surface area contributed by atoms with Gasteiger partial charge in [0.15, 0.2) is 5.78 Å². The molecule has 0 saturated heterocycles. The van der Waals surface area contributed by atoms with Gasteiger partial charge in [-0.15, -0.1) is 0 Å². The zero-order chi connectivity index (χ0) is 14.1. The number of carbonyl (C=O) groups excluding carboxylic acids is 3. The Bertz CT molecular complexity index is 922. The maximum atomic E-state index is 11.5. The molecule has 0 aliphatic heterocycles. The van der Waals surface area contributed by atoms with Crippen molar-refractivity contribution in [1.29, 1.82) is 0 Å². The number of hydrogen-bond donors (Lipinski definition) is 0. The predicted octanol–water partition coefficient (Wildman–Crippen LogP) is 0.328. The molecule has 1 aromatic carbocycles. The second-order valence-corrected chi connectivity index (χ2v) is 4.19. The minimum Gasteiger partial charge on any atom is -0.290 e. The molecule has 0 bridgehead atoms. The molecule has 0 aromatic heterocycles. The Morgan fingerprint density at radius 1 is 0.950 bits per heavy atom. The van der Waals surface area contributed by atoms with E-state index in [1.165, 1.54) is 24.3 Å². The van der Waals surface area contributed by atoms with Crippen LogP contribution in [0.4, 0.5) is 5.69 Å². The molecule has 0 saturated carbocycles. The molecule has 2 aliphatic carbocycles. The Kier molecular flexibility index (Phi) is 2.70. The van der Waals surface area contributed by atoms with Crippen LogP contribution in [0.15, 0.2) is 52.0 Å². The summed E-state index contributed by atoms with van der Waals surface area (Å²) in [5.41, 5.74) is 2.18. The van der Waals surface area contributed by atoms with Crippen molar-refractivity contribution in [2.24, 2.45) is 9.98 Å². The Hall–Kier alpha value is -3.13. The van der Waals surface area contributed by atoms with E-state index in [0.717, 1.165) is 10.8 Å². The fraction of sp³-hybridized carbons (Fsp3) is 0. The molecule has 0 amide bonds. The minimum atomic E-state index is -0.165. The topological polar surface area (TPSA) is 75.9 Å². The van der Waals surface area contributed by atoms with Crippen molar-refractivity contribution in [1.82, 2.24) is 0 Å². The van der Waals surface area contributed by atoms with Crippen LogP contribution in [0, 0.1) is 0 Å². The summed E-state index contributed by atoms with van der Waals surface area (Å²) < 4.78 is 0. The van der Waals surface area contributed by atoms with E-state index in [1.807, 2.05) is 0 Å². The molecule has 0 fully saturated rings. The maximum Gasteiger partial charge on any atom is 0.240 e. The second kappa shape index (κ2) is 4.52. The first-order valence-electron chi connectivity index (χ1n) is 5.73. The summed E-state index contributed by atoms with van der Waals surface area (Å²) in [6.45, 7) is 0. The maximum absolute atomic E-state index is 11.5. The molecule has 0 spiro atoms. The van der Waals surface area contributed by atoms with Gasteiger partial charge in [-0.05, 0) is 41.2 Å². The van der Waals surface area contributed by atoms with Crippen molar-refractivity contribution in [3.63, 3.8) is 0 Å². The highest BCUT2D eigenvalue weighted by Crippen LogP contribution is 2.28. The molecular formula is C15H6N2O3. The van der Waals surface area contributed by atoms with Crippen LogP contribution in [0.2, 0.25) is 0 Å². The number of aliphatic imine (C=N–C) groups is 2. The number of rotatable bonds is 2. The average Bonchev–Trinajstić information content (AvgIpc) is 2.73. The van der Waals surface area contributed by atoms with Gasteiger partial charge in [0.25, 0.3) is 0 Å². The Balaban J connectivity index is 2.46. The summed E-state index contributed by atoms with van der Waals surface area (Å²) in [6, 6.07) is 5.05. The van der Waals surface area contributed by atoms with Crippen LogP contribution in [0.1, 0.15) is 0 Å². The molecule has 0 N–H and O–H groups in total. The van der Waals surface area contributed by atoms with Gasteiger partial charge in [-0.25, -0.2) is 9.59 Å². The van der Waals surface area contributed by atoms with Crippen molar-refractivity contribution >= 4 is 34.9 Å². The van der Waals surface area contributed by atoms with Gasteiger partial charge in [0.2, 0.25) is 12.2 Å². The molecule has 0 heterocycles. The lowest BCUT2D eigenvalue weighted by atomic mass is 9.99. The molecule has 5 nitrogen and oxygen atoms in total. The molecule has 2 aliphatic rings. The zero-order valence-corrected chi connectivity index (χ0v) is 10.1. The van der Waals surface area contributed by atoms with Gasteiger partial charge in [-0.1, -0.05) is 6.07 Å². The largest absolute Gasteiger partial charge is 0.290 e. The first-order chi connectivity index (χ1) is 9.74. The smallest absolute Gasteiger partial charge is 0.240 e. The Labute approximate surface area is 112 Å². The standard InChI is InChI=1S/C15H6N2O3/c18-7-16-9-1-3-11-12-4-2-10(20)6-14(12)15(17-8-19)13(11)5-9/h1-6H. The van der Waals surface area contributed by atoms with Gasteiger partial charge in [-0.3, -0.25) is 4.79 Å². The summed E-state index contributed by atoms with van der Waals surface area (Å²) in [5, 5.41) is 1.48. The summed E-state index contributed by atoms with van der Waals surface area (Å²) in [5.74, 6) is -0.165. The van der Waals surface area contributed by atoms with Crippen molar-refractivity contribution in [2.45, 2.75) is 0 Å². The number of fused-ring (bicyclic) bond motifs is 2. The highest BCUT2D eigenvalue weighted by Gasteiger charge is 2.21. The SMILES string of the molecule is O=C=NC1=c2cc(N=C=O)ccc2=C2C=CC(=O)C=C21. The Morgan fingerprint density at radius 2 is 1.75 bits per heavy atom. The van der Waals surface area contributed by atoms with Gasteiger partial charge in [0.05, 0.1) is 11.4 Å². The highest BCUT2D eigenvalue weighted by atomic mass is 16.1. The van der Waals surface area contributed by atoms with E-state index in [9.17, 15) is 14.4 Å². The Morgan fingerprint density at radius 3 is 2.50 bits per heavy atom. The number of benzene rings is 1. The summed E-state index contributed by atoms with van der Waals surface area (Å²) >= 11 is 0. The van der Waals surface area contributed by atoms with E-state index < -0.39 is 0 Å². The van der Waals surface area contributed by atoms with Crippen LogP contribution >= 0.6 is 0 Å². The monoisotopic (exact) mass is 262 g/mol. The van der Waals surface area contributed by atoms with Gasteiger partial charge in [-0.2, -0.15) is 9.98 Å². The van der Waals surface area contributed by atoms with Crippen molar-refractivity contribution < 1.29 is 14.4 Å². The van der Waals surface area contributed by atoms with Crippen LogP contribution < -0.4 is 10.4 Å². The normalized spacial score (nSPS) is 15.0. The fourth-order valence-electron chi connectivity index (χ4n) is 2.35. The van der Waals surface area contributed by atoms with E-state index in [1.54, 1.807) is 24.3 Å².